The van der Waals surface area contributed by atoms with E-state index in [1.165, 1.54) is 0 Å². The molecule has 1 saturated heterocycles. The molecule has 0 radical (unpaired) electrons. The molecule has 1 atom stereocenters. The van der Waals surface area contributed by atoms with Crippen LogP contribution in [0, 0.1) is 0 Å². The summed E-state index contributed by atoms with van der Waals surface area (Å²) in [7, 11) is 0. The minimum Gasteiger partial charge on any atom is -0.336 e. The molecule has 160 valence electrons. The number of carbonyl (C=O) groups excluding carboxylic acids is 2. The third kappa shape index (κ3) is 5.62. The highest BCUT2D eigenvalue weighted by molar-refractivity contribution is 5.94. The molecule has 1 fully saturated rings. The molecule has 3 amide bonds. The number of hydrogen-bond acceptors (Lipinski definition) is 2. The van der Waals surface area contributed by atoms with Gasteiger partial charge >= 0.3 is 6.03 Å². The van der Waals surface area contributed by atoms with Gasteiger partial charge in [0.1, 0.15) is 0 Å². The maximum atomic E-state index is 13.2. The zero-order valence-electron chi connectivity index (χ0n) is 18.3. The SMILES string of the molecule is CCN(Cc1ccccc1)C(=O)c1cccc(C2CCCN(C(=O)NC(C)C)C2)c1. The lowest BCUT2D eigenvalue weighted by Crippen LogP contribution is -2.47. The number of piperidine rings is 1. The van der Waals surface area contributed by atoms with E-state index in [1.54, 1.807) is 0 Å². The van der Waals surface area contributed by atoms with Crippen LogP contribution in [0.3, 0.4) is 0 Å². The third-order valence-corrected chi connectivity index (χ3v) is 5.61. The summed E-state index contributed by atoms with van der Waals surface area (Å²) in [5, 5.41) is 2.99. The summed E-state index contributed by atoms with van der Waals surface area (Å²) in [6.45, 7) is 8.70. The maximum absolute atomic E-state index is 13.2. The number of nitrogens with one attached hydrogen (secondary N) is 1. The molecule has 5 heteroatoms. The second-order valence-corrected chi connectivity index (χ2v) is 8.32. The summed E-state index contributed by atoms with van der Waals surface area (Å²) in [4.78, 5) is 29.3. The van der Waals surface area contributed by atoms with Crippen LogP contribution in [0.4, 0.5) is 4.79 Å². The van der Waals surface area contributed by atoms with Crippen LogP contribution in [0.15, 0.2) is 54.6 Å². The van der Waals surface area contributed by atoms with Crippen LogP contribution in [-0.4, -0.2) is 47.4 Å². The Morgan fingerprint density at radius 2 is 1.90 bits per heavy atom. The van der Waals surface area contributed by atoms with Crippen molar-refractivity contribution in [1.29, 1.82) is 0 Å². The highest BCUT2D eigenvalue weighted by Crippen LogP contribution is 2.28. The number of likely N-dealkylation sites (tertiary alicyclic amines) is 1. The Bertz CT molecular complexity index is 850. The Morgan fingerprint density at radius 3 is 2.60 bits per heavy atom. The first-order valence-electron chi connectivity index (χ1n) is 11.0. The summed E-state index contributed by atoms with van der Waals surface area (Å²) in [5.41, 5.74) is 2.98. The summed E-state index contributed by atoms with van der Waals surface area (Å²) in [5.74, 6) is 0.307. The first-order chi connectivity index (χ1) is 14.5. The van der Waals surface area contributed by atoms with Gasteiger partial charge in [0, 0.05) is 43.7 Å². The molecular formula is C25H33N3O2. The van der Waals surface area contributed by atoms with E-state index in [1.807, 2.05) is 79.1 Å². The third-order valence-electron chi connectivity index (χ3n) is 5.61. The quantitative estimate of drug-likeness (QED) is 0.758. The van der Waals surface area contributed by atoms with E-state index in [4.69, 9.17) is 0 Å². The average molecular weight is 408 g/mol. The van der Waals surface area contributed by atoms with Crippen molar-refractivity contribution in [1.82, 2.24) is 15.1 Å². The van der Waals surface area contributed by atoms with Gasteiger partial charge in [0.25, 0.3) is 5.91 Å². The standard InChI is InChI=1S/C25H33N3O2/c1-4-27(17-20-10-6-5-7-11-20)24(29)22-13-8-12-21(16-22)23-14-9-15-28(18-23)25(30)26-19(2)3/h5-8,10-13,16,19,23H,4,9,14-15,17-18H2,1-3H3,(H,26,30). The number of rotatable bonds is 6. The molecule has 5 nitrogen and oxygen atoms in total. The Morgan fingerprint density at radius 1 is 1.13 bits per heavy atom. The van der Waals surface area contributed by atoms with Crippen molar-refractivity contribution in [3.05, 3.63) is 71.3 Å². The van der Waals surface area contributed by atoms with Crippen molar-refractivity contribution in [2.75, 3.05) is 19.6 Å². The number of amides is 3. The fourth-order valence-corrected chi connectivity index (χ4v) is 4.01. The van der Waals surface area contributed by atoms with Gasteiger partial charge in [-0.15, -0.1) is 0 Å². The largest absolute Gasteiger partial charge is 0.336 e. The van der Waals surface area contributed by atoms with Gasteiger partial charge in [0.15, 0.2) is 0 Å². The van der Waals surface area contributed by atoms with Crippen molar-refractivity contribution in [3.8, 4) is 0 Å². The number of nitrogens with zero attached hydrogens (tertiary/aromatic N) is 2. The lowest BCUT2D eigenvalue weighted by Gasteiger charge is -2.33. The summed E-state index contributed by atoms with van der Waals surface area (Å²) >= 11 is 0. The Kier molecular flexibility index (Phi) is 7.50. The first-order valence-corrected chi connectivity index (χ1v) is 11.0. The first kappa shape index (κ1) is 21.9. The molecule has 0 aromatic heterocycles. The summed E-state index contributed by atoms with van der Waals surface area (Å²) in [6, 6.07) is 18.2. The van der Waals surface area contributed by atoms with Crippen LogP contribution in [-0.2, 0) is 6.54 Å². The molecule has 1 heterocycles. The number of benzene rings is 2. The number of hydrogen-bond donors (Lipinski definition) is 1. The van der Waals surface area contributed by atoms with E-state index in [-0.39, 0.29) is 23.9 Å². The van der Waals surface area contributed by atoms with Gasteiger partial charge in [0.2, 0.25) is 0 Å². The second kappa shape index (κ2) is 10.3. The highest BCUT2D eigenvalue weighted by Gasteiger charge is 2.26. The van der Waals surface area contributed by atoms with Gasteiger partial charge in [-0.1, -0.05) is 42.5 Å². The molecule has 0 bridgehead atoms. The van der Waals surface area contributed by atoms with Gasteiger partial charge in [-0.3, -0.25) is 4.79 Å². The minimum atomic E-state index is 0.00181. The molecule has 3 rings (SSSR count). The molecule has 0 spiro atoms. The fraction of sp³-hybridized carbons (Fsp3) is 0.440. The minimum absolute atomic E-state index is 0.00181. The molecule has 0 aliphatic carbocycles. The predicted octanol–water partition coefficient (Wildman–Crippen LogP) is 4.65. The van der Waals surface area contributed by atoms with Crippen molar-refractivity contribution >= 4 is 11.9 Å². The van der Waals surface area contributed by atoms with Gasteiger partial charge < -0.3 is 15.1 Å². The van der Waals surface area contributed by atoms with Crippen LogP contribution in [0.5, 0.6) is 0 Å². The Labute approximate surface area is 180 Å². The highest BCUT2D eigenvalue weighted by atomic mass is 16.2. The summed E-state index contributed by atoms with van der Waals surface area (Å²) < 4.78 is 0. The van der Waals surface area contributed by atoms with Crippen LogP contribution in [0.1, 0.15) is 61.0 Å². The van der Waals surface area contributed by atoms with Gasteiger partial charge in [-0.05, 0) is 56.9 Å². The van der Waals surface area contributed by atoms with E-state index in [2.05, 4.69) is 11.4 Å². The van der Waals surface area contributed by atoms with Crippen molar-refractivity contribution in [3.63, 3.8) is 0 Å². The number of carbonyl (C=O) groups is 2. The van der Waals surface area contributed by atoms with Crippen molar-refractivity contribution in [2.24, 2.45) is 0 Å². The average Bonchev–Trinajstić information content (AvgIpc) is 2.77. The topological polar surface area (TPSA) is 52.7 Å². The van der Waals surface area contributed by atoms with E-state index >= 15 is 0 Å². The normalized spacial score (nSPS) is 16.4. The molecular weight excluding hydrogens is 374 g/mol. The van der Waals surface area contributed by atoms with Crippen molar-refractivity contribution < 1.29 is 9.59 Å². The number of urea groups is 1. The molecule has 2 aromatic carbocycles. The Hall–Kier alpha value is -2.82. The summed E-state index contributed by atoms with van der Waals surface area (Å²) in [6.07, 6.45) is 2.01. The Balaban J connectivity index is 1.71. The zero-order valence-corrected chi connectivity index (χ0v) is 18.3. The molecule has 1 aliphatic heterocycles. The molecule has 1 N–H and O–H groups in total. The van der Waals surface area contributed by atoms with Crippen LogP contribution in [0.25, 0.3) is 0 Å². The fourth-order valence-electron chi connectivity index (χ4n) is 4.01. The van der Waals surface area contributed by atoms with E-state index in [0.29, 0.717) is 25.2 Å². The molecule has 2 aromatic rings. The van der Waals surface area contributed by atoms with Crippen LogP contribution < -0.4 is 5.32 Å². The predicted molar refractivity (Wildman–Crippen MR) is 121 cm³/mol. The molecule has 0 saturated carbocycles. The van der Waals surface area contributed by atoms with E-state index in [9.17, 15) is 9.59 Å². The zero-order chi connectivity index (χ0) is 21.5. The lowest BCUT2D eigenvalue weighted by molar-refractivity contribution is 0.0752. The van der Waals surface area contributed by atoms with E-state index < -0.39 is 0 Å². The second-order valence-electron chi connectivity index (χ2n) is 8.32. The molecule has 1 unspecified atom stereocenters. The molecule has 1 aliphatic rings. The van der Waals surface area contributed by atoms with Gasteiger partial charge in [-0.25, -0.2) is 4.79 Å². The molecule has 30 heavy (non-hydrogen) atoms. The maximum Gasteiger partial charge on any atom is 0.317 e. The van der Waals surface area contributed by atoms with Crippen molar-refractivity contribution in [2.45, 2.75) is 52.1 Å². The monoisotopic (exact) mass is 407 g/mol. The smallest absolute Gasteiger partial charge is 0.317 e. The van der Waals surface area contributed by atoms with Crippen LogP contribution >= 0.6 is 0 Å². The van der Waals surface area contributed by atoms with Gasteiger partial charge in [0.05, 0.1) is 0 Å². The lowest BCUT2D eigenvalue weighted by atomic mass is 9.89. The van der Waals surface area contributed by atoms with Gasteiger partial charge in [-0.2, -0.15) is 0 Å². The van der Waals surface area contributed by atoms with E-state index in [0.717, 1.165) is 30.5 Å². The van der Waals surface area contributed by atoms with Crippen LogP contribution in [0.2, 0.25) is 0 Å².